The summed E-state index contributed by atoms with van der Waals surface area (Å²) in [7, 11) is 1.69. The minimum Gasteiger partial charge on any atom is -0.497 e. The molecule has 1 atom stereocenters. The van der Waals surface area contributed by atoms with Crippen molar-refractivity contribution in [1.29, 1.82) is 0 Å². The highest BCUT2D eigenvalue weighted by Crippen LogP contribution is 2.32. The van der Waals surface area contributed by atoms with Crippen LogP contribution in [-0.4, -0.2) is 7.11 Å². The summed E-state index contributed by atoms with van der Waals surface area (Å²) in [6, 6.07) is 14.1. The van der Waals surface area contributed by atoms with Crippen LogP contribution in [0, 0.1) is 3.57 Å². The van der Waals surface area contributed by atoms with E-state index < -0.39 is 0 Å². The van der Waals surface area contributed by atoms with Crippen LogP contribution >= 0.6 is 50.1 Å². The average molecular weight is 452 g/mol. The molecular formula is C15H13BrClIO. The van der Waals surface area contributed by atoms with Crippen LogP contribution in [0.5, 0.6) is 5.75 Å². The molecule has 0 aliphatic rings. The summed E-state index contributed by atoms with van der Waals surface area (Å²) in [5.41, 5.74) is 2.45. The van der Waals surface area contributed by atoms with Crippen molar-refractivity contribution in [3.8, 4) is 5.75 Å². The molecular weight excluding hydrogens is 438 g/mol. The second kappa shape index (κ2) is 6.95. The first-order valence-corrected chi connectivity index (χ1v) is 8.19. The van der Waals surface area contributed by atoms with Crippen molar-refractivity contribution in [2.24, 2.45) is 0 Å². The molecule has 0 heterocycles. The maximum atomic E-state index is 6.07. The van der Waals surface area contributed by atoms with E-state index >= 15 is 0 Å². The first kappa shape index (κ1) is 15.1. The SMILES string of the molecule is COc1cccc(CC(Br)c2cc(Cl)ccc2I)c1. The molecule has 0 radical (unpaired) electrons. The van der Waals surface area contributed by atoms with Crippen molar-refractivity contribution in [3.63, 3.8) is 0 Å². The van der Waals surface area contributed by atoms with Crippen molar-refractivity contribution in [2.75, 3.05) is 7.11 Å². The normalized spacial score (nSPS) is 12.2. The van der Waals surface area contributed by atoms with Crippen LogP contribution in [0.1, 0.15) is 16.0 Å². The Morgan fingerprint density at radius 3 is 2.79 bits per heavy atom. The van der Waals surface area contributed by atoms with Gasteiger partial charge in [-0.05, 0) is 70.5 Å². The van der Waals surface area contributed by atoms with E-state index in [0.29, 0.717) is 0 Å². The van der Waals surface area contributed by atoms with E-state index in [-0.39, 0.29) is 4.83 Å². The largest absolute Gasteiger partial charge is 0.497 e. The van der Waals surface area contributed by atoms with E-state index in [1.54, 1.807) is 7.11 Å². The Labute approximate surface area is 140 Å². The Bertz CT molecular complexity index is 574. The Morgan fingerprint density at radius 2 is 2.05 bits per heavy atom. The number of methoxy groups -OCH3 is 1. The van der Waals surface area contributed by atoms with E-state index in [1.807, 2.05) is 30.3 Å². The number of benzene rings is 2. The van der Waals surface area contributed by atoms with Gasteiger partial charge in [0.2, 0.25) is 0 Å². The third-order valence-corrected chi connectivity index (χ3v) is 4.88. The van der Waals surface area contributed by atoms with E-state index in [0.717, 1.165) is 17.2 Å². The van der Waals surface area contributed by atoms with Gasteiger partial charge in [-0.1, -0.05) is 39.7 Å². The molecule has 0 bridgehead atoms. The van der Waals surface area contributed by atoms with Gasteiger partial charge in [-0.2, -0.15) is 0 Å². The van der Waals surface area contributed by atoms with Crippen LogP contribution in [0.3, 0.4) is 0 Å². The lowest BCUT2D eigenvalue weighted by atomic mass is 10.0. The van der Waals surface area contributed by atoms with E-state index in [4.69, 9.17) is 16.3 Å². The maximum absolute atomic E-state index is 6.07. The predicted octanol–water partition coefficient (Wildman–Crippen LogP) is 5.63. The Hall–Kier alpha value is -0.260. The highest BCUT2D eigenvalue weighted by atomic mass is 127. The molecule has 2 rings (SSSR count). The summed E-state index contributed by atoms with van der Waals surface area (Å²) >= 11 is 12.2. The first-order valence-electron chi connectivity index (χ1n) is 5.82. The van der Waals surface area contributed by atoms with Crippen molar-refractivity contribution < 1.29 is 4.74 Å². The maximum Gasteiger partial charge on any atom is 0.119 e. The molecule has 1 nitrogen and oxygen atoms in total. The smallest absolute Gasteiger partial charge is 0.119 e. The predicted molar refractivity (Wildman–Crippen MR) is 92.5 cm³/mol. The third kappa shape index (κ3) is 4.10. The second-order valence-electron chi connectivity index (χ2n) is 4.19. The number of hydrogen-bond acceptors (Lipinski definition) is 1. The van der Waals surface area contributed by atoms with E-state index in [9.17, 15) is 0 Å². The highest BCUT2D eigenvalue weighted by molar-refractivity contribution is 14.1. The summed E-state index contributed by atoms with van der Waals surface area (Å²) < 4.78 is 6.46. The Balaban J connectivity index is 2.20. The van der Waals surface area contributed by atoms with Crippen LogP contribution in [0.2, 0.25) is 5.02 Å². The zero-order valence-corrected chi connectivity index (χ0v) is 14.9. The van der Waals surface area contributed by atoms with Gasteiger partial charge in [0.1, 0.15) is 5.75 Å². The minimum absolute atomic E-state index is 0.241. The zero-order chi connectivity index (χ0) is 13.8. The fourth-order valence-corrected chi connectivity index (χ4v) is 3.94. The third-order valence-electron chi connectivity index (χ3n) is 2.84. The molecule has 0 saturated carbocycles. The van der Waals surface area contributed by atoms with Crippen LogP contribution in [0.4, 0.5) is 0 Å². The molecule has 0 aromatic heterocycles. The van der Waals surface area contributed by atoms with Gasteiger partial charge < -0.3 is 4.74 Å². The second-order valence-corrected chi connectivity index (χ2v) is 6.89. The average Bonchev–Trinajstić information content (AvgIpc) is 2.41. The molecule has 0 aliphatic carbocycles. The van der Waals surface area contributed by atoms with Gasteiger partial charge in [0.15, 0.2) is 0 Å². The number of alkyl halides is 1. The first-order chi connectivity index (χ1) is 9.10. The van der Waals surface area contributed by atoms with Crippen molar-refractivity contribution in [1.82, 2.24) is 0 Å². The van der Waals surface area contributed by atoms with Crippen molar-refractivity contribution in [2.45, 2.75) is 11.2 Å². The van der Waals surface area contributed by atoms with Crippen LogP contribution in [-0.2, 0) is 6.42 Å². The topological polar surface area (TPSA) is 9.23 Å². The van der Waals surface area contributed by atoms with Crippen LogP contribution < -0.4 is 4.74 Å². The Kier molecular flexibility index (Phi) is 5.54. The molecule has 0 spiro atoms. The van der Waals surface area contributed by atoms with Gasteiger partial charge in [-0.15, -0.1) is 0 Å². The fraction of sp³-hybridized carbons (Fsp3) is 0.200. The van der Waals surface area contributed by atoms with Gasteiger partial charge >= 0.3 is 0 Å². The number of rotatable bonds is 4. The highest BCUT2D eigenvalue weighted by Gasteiger charge is 2.13. The summed E-state index contributed by atoms with van der Waals surface area (Å²) in [4.78, 5) is 0.241. The van der Waals surface area contributed by atoms with Crippen LogP contribution in [0.15, 0.2) is 42.5 Å². The molecule has 0 aliphatic heterocycles. The van der Waals surface area contributed by atoms with Gasteiger partial charge in [-0.3, -0.25) is 0 Å². The molecule has 0 saturated heterocycles. The Morgan fingerprint density at radius 1 is 1.26 bits per heavy atom. The number of halogens is 3. The van der Waals surface area contributed by atoms with Gasteiger partial charge in [0, 0.05) is 13.4 Å². The minimum atomic E-state index is 0.241. The summed E-state index contributed by atoms with van der Waals surface area (Å²) in [6.45, 7) is 0. The summed E-state index contributed by atoms with van der Waals surface area (Å²) in [5, 5.41) is 0.769. The molecule has 0 fully saturated rings. The van der Waals surface area contributed by atoms with Gasteiger partial charge in [0.05, 0.1) is 7.11 Å². The van der Waals surface area contributed by atoms with Crippen molar-refractivity contribution in [3.05, 3.63) is 62.2 Å². The zero-order valence-electron chi connectivity index (χ0n) is 10.4. The number of hydrogen-bond donors (Lipinski definition) is 0. The fourth-order valence-electron chi connectivity index (χ4n) is 1.87. The lowest BCUT2D eigenvalue weighted by molar-refractivity contribution is 0.414. The molecule has 19 heavy (non-hydrogen) atoms. The summed E-state index contributed by atoms with van der Waals surface area (Å²) in [6.07, 6.45) is 0.896. The molecule has 2 aromatic carbocycles. The standard InChI is InChI=1S/C15H13BrClIO/c1-19-12-4-2-3-10(7-12)8-14(16)13-9-11(17)5-6-15(13)18/h2-7,9,14H,8H2,1H3. The van der Waals surface area contributed by atoms with Gasteiger partial charge in [0.25, 0.3) is 0 Å². The van der Waals surface area contributed by atoms with Gasteiger partial charge in [-0.25, -0.2) is 0 Å². The molecule has 100 valence electrons. The molecule has 1 unspecified atom stereocenters. The van der Waals surface area contributed by atoms with E-state index in [1.165, 1.54) is 14.7 Å². The molecule has 0 amide bonds. The lowest BCUT2D eigenvalue weighted by Gasteiger charge is -2.13. The molecule has 2 aromatic rings. The monoisotopic (exact) mass is 450 g/mol. The molecule has 4 heteroatoms. The summed E-state index contributed by atoms with van der Waals surface area (Å²) in [5.74, 6) is 0.887. The number of ether oxygens (including phenoxy) is 1. The lowest BCUT2D eigenvalue weighted by Crippen LogP contribution is -1.98. The quantitative estimate of drug-likeness (QED) is 0.432. The molecule has 0 N–H and O–H groups in total. The van der Waals surface area contributed by atoms with Crippen LogP contribution in [0.25, 0.3) is 0 Å². The van der Waals surface area contributed by atoms with Crippen molar-refractivity contribution >= 4 is 50.1 Å². The van der Waals surface area contributed by atoms with E-state index in [2.05, 4.69) is 50.7 Å².